The van der Waals surface area contributed by atoms with Gasteiger partial charge in [-0.15, -0.1) is 0 Å². The molecule has 0 fully saturated rings. The molecule has 0 amide bonds. The van der Waals surface area contributed by atoms with Crippen molar-refractivity contribution in [1.82, 2.24) is 0 Å². The van der Waals surface area contributed by atoms with Crippen LogP contribution in [0, 0.1) is 20.8 Å². The van der Waals surface area contributed by atoms with Crippen LogP contribution in [0.3, 0.4) is 0 Å². The highest BCUT2D eigenvalue weighted by molar-refractivity contribution is 6.31. The van der Waals surface area contributed by atoms with Crippen LogP contribution in [-0.2, 0) is 0 Å². The number of hydrogen-bond acceptors (Lipinski definition) is 1. The molecule has 1 atom stereocenters. The largest absolute Gasteiger partial charge is 0.320 e. The molecule has 1 nitrogen and oxygen atoms in total. The van der Waals surface area contributed by atoms with E-state index in [1.54, 1.807) is 0 Å². The molecule has 94 valence electrons. The third-order valence-electron chi connectivity index (χ3n) is 3.46. The second kappa shape index (κ2) is 5.13. The van der Waals surface area contributed by atoms with Gasteiger partial charge in [0.1, 0.15) is 0 Å². The Morgan fingerprint density at radius 1 is 0.889 bits per heavy atom. The molecule has 0 spiro atoms. The third-order valence-corrected chi connectivity index (χ3v) is 3.80. The standard InChI is InChI=1S/C16H18ClN/c1-10-8-12(3)14(9-11(10)2)16(18)13-6-4-5-7-15(13)17/h4-9,16H,18H2,1-3H3. The second-order valence-electron chi connectivity index (χ2n) is 4.79. The molecule has 2 aromatic carbocycles. The molecule has 0 bridgehead atoms. The van der Waals surface area contributed by atoms with Crippen molar-refractivity contribution in [2.75, 3.05) is 0 Å². The number of hydrogen-bond donors (Lipinski definition) is 1. The fourth-order valence-electron chi connectivity index (χ4n) is 2.21. The lowest BCUT2D eigenvalue weighted by atomic mass is 9.92. The summed E-state index contributed by atoms with van der Waals surface area (Å²) < 4.78 is 0. The van der Waals surface area contributed by atoms with Gasteiger partial charge in [0.25, 0.3) is 0 Å². The van der Waals surface area contributed by atoms with Crippen LogP contribution in [0.2, 0.25) is 5.02 Å². The fourth-order valence-corrected chi connectivity index (χ4v) is 2.47. The van der Waals surface area contributed by atoms with Crippen molar-refractivity contribution in [3.05, 3.63) is 69.2 Å². The molecule has 1 unspecified atom stereocenters. The maximum Gasteiger partial charge on any atom is 0.0569 e. The van der Waals surface area contributed by atoms with Gasteiger partial charge < -0.3 is 5.73 Å². The predicted octanol–water partition coefficient (Wildman–Crippen LogP) is 4.31. The minimum absolute atomic E-state index is 0.169. The zero-order valence-corrected chi connectivity index (χ0v) is 11.8. The quantitative estimate of drug-likeness (QED) is 0.854. The Labute approximate surface area is 114 Å². The van der Waals surface area contributed by atoms with Crippen molar-refractivity contribution >= 4 is 11.6 Å². The lowest BCUT2D eigenvalue weighted by Crippen LogP contribution is -2.14. The molecule has 0 saturated heterocycles. The normalized spacial score (nSPS) is 12.5. The van der Waals surface area contributed by atoms with E-state index in [0.29, 0.717) is 0 Å². The zero-order chi connectivity index (χ0) is 13.3. The first-order valence-electron chi connectivity index (χ1n) is 6.08. The van der Waals surface area contributed by atoms with E-state index in [2.05, 4.69) is 32.9 Å². The molecular formula is C16H18ClN. The molecule has 0 radical (unpaired) electrons. The Kier molecular flexibility index (Phi) is 3.74. The summed E-state index contributed by atoms with van der Waals surface area (Å²) in [6.45, 7) is 6.32. The number of aryl methyl sites for hydroxylation is 3. The van der Waals surface area contributed by atoms with Crippen LogP contribution in [-0.4, -0.2) is 0 Å². The molecule has 2 heteroatoms. The van der Waals surface area contributed by atoms with Crippen LogP contribution >= 0.6 is 11.6 Å². The average Bonchev–Trinajstić information content (AvgIpc) is 2.33. The monoisotopic (exact) mass is 259 g/mol. The molecule has 0 heterocycles. The fraction of sp³-hybridized carbons (Fsp3) is 0.250. The van der Waals surface area contributed by atoms with Crippen LogP contribution in [0.4, 0.5) is 0 Å². The summed E-state index contributed by atoms with van der Waals surface area (Å²) in [6, 6.07) is 11.9. The molecule has 0 saturated carbocycles. The number of nitrogens with two attached hydrogens (primary N) is 1. The minimum Gasteiger partial charge on any atom is -0.320 e. The Bertz CT molecular complexity index is 575. The maximum absolute atomic E-state index is 6.35. The van der Waals surface area contributed by atoms with Gasteiger partial charge in [0.05, 0.1) is 6.04 Å². The highest BCUT2D eigenvalue weighted by Crippen LogP contribution is 2.29. The van der Waals surface area contributed by atoms with Crippen molar-refractivity contribution in [3.63, 3.8) is 0 Å². The molecular weight excluding hydrogens is 242 g/mol. The number of benzene rings is 2. The summed E-state index contributed by atoms with van der Waals surface area (Å²) in [7, 11) is 0. The first-order valence-corrected chi connectivity index (χ1v) is 6.46. The predicted molar refractivity (Wildman–Crippen MR) is 78.1 cm³/mol. The van der Waals surface area contributed by atoms with Crippen LogP contribution in [0.5, 0.6) is 0 Å². The van der Waals surface area contributed by atoms with E-state index in [1.807, 2.05) is 24.3 Å². The van der Waals surface area contributed by atoms with Crippen molar-refractivity contribution in [2.24, 2.45) is 5.73 Å². The molecule has 0 aliphatic rings. The highest BCUT2D eigenvalue weighted by Gasteiger charge is 2.14. The van der Waals surface area contributed by atoms with Crippen molar-refractivity contribution < 1.29 is 0 Å². The summed E-state index contributed by atoms with van der Waals surface area (Å²) in [6.07, 6.45) is 0. The summed E-state index contributed by atoms with van der Waals surface area (Å²) in [4.78, 5) is 0. The number of halogens is 1. The van der Waals surface area contributed by atoms with Crippen molar-refractivity contribution in [2.45, 2.75) is 26.8 Å². The van der Waals surface area contributed by atoms with Crippen molar-refractivity contribution in [1.29, 1.82) is 0 Å². The van der Waals surface area contributed by atoms with Crippen LogP contribution in [0.25, 0.3) is 0 Å². The van der Waals surface area contributed by atoms with Gasteiger partial charge in [0, 0.05) is 5.02 Å². The van der Waals surface area contributed by atoms with E-state index in [4.69, 9.17) is 17.3 Å². The highest BCUT2D eigenvalue weighted by atomic mass is 35.5. The van der Waals surface area contributed by atoms with E-state index < -0.39 is 0 Å². The van der Waals surface area contributed by atoms with Gasteiger partial charge in [-0.3, -0.25) is 0 Å². The van der Waals surface area contributed by atoms with Crippen LogP contribution < -0.4 is 5.73 Å². The molecule has 0 aliphatic carbocycles. The lowest BCUT2D eigenvalue weighted by molar-refractivity contribution is 0.858. The Hall–Kier alpha value is -1.31. The molecule has 0 aliphatic heterocycles. The second-order valence-corrected chi connectivity index (χ2v) is 5.20. The summed E-state index contributed by atoms with van der Waals surface area (Å²) in [5, 5.41) is 0.725. The topological polar surface area (TPSA) is 26.0 Å². The summed E-state index contributed by atoms with van der Waals surface area (Å²) in [5.41, 5.74) is 12.2. The first kappa shape index (κ1) is 13.1. The summed E-state index contributed by atoms with van der Waals surface area (Å²) >= 11 is 6.21. The number of rotatable bonds is 2. The van der Waals surface area contributed by atoms with Gasteiger partial charge in [0.2, 0.25) is 0 Å². The molecule has 2 aromatic rings. The molecule has 0 aromatic heterocycles. The van der Waals surface area contributed by atoms with E-state index in [1.165, 1.54) is 16.7 Å². The van der Waals surface area contributed by atoms with Gasteiger partial charge in [0.15, 0.2) is 0 Å². The Balaban J connectivity index is 2.50. The summed E-state index contributed by atoms with van der Waals surface area (Å²) in [5.74, 6) is 0. The van der Waals surface area contributed by atoms with Crippen LogP contribution in [0.1, 0.15) is 33.9 Å². The van der Waals surface area contributed by atoms with Gasteiger partial charge in [-0.25, -0.2) is 0 Å². The molecule has 2 N–H and O–H groups in total. The first-order chi connectivity index (χ1) is 8.50. The van der Waals surface area contributed by atoms with Crippen LogP contribution in [0.15, 0.2) is 36.4 Å². The van der Waals surface area contributed by atoms with Gasteiger partial charge >= 0.3 is 0 Å². The lowest BCUT2D eigenvalue weighted by Gasteiger charge is -2.18. The van der Waals surface area contributed by atoms with Gasteiger partial charge in [-0.2, -0.15) is 0 Å². The third kappa shape index (κ3) is 2.43. The van der Waals surface area contributed by atoms with Crippen molar-refractivity contribution in [3.8, 4) is 0 Å². The molecule has 2 rings (SSSR count). The Morgan fingerprint density at radius 2 is 1.50 bits per heavy atom. The minimum atomic E-state index is -0.169. The van der Waals surface area contributed by atoms with E-state index in [9.17, 15) is 0 Å². The SMILES string of the molecule is Cc1cc(C)c(C(N)c2ccccc2Cl)cc1C. The molecule has 18 heavy (non-hydrogen) atoms. The average molecular weight is 260 g/mol. The smallest absolute Gasteiger partial charge is 0.0569 e. The Morgan fingerprint density at radius 3 is 2.17 bits per heavy atom. The maximum atomic E-state index is 6.35. The van der Waals surface area contributed by atoms with Gasteiger partial charge in [-0.05, 0) is 54.7 Å². The van der Waals surface area contributed by atoms with E-state index in [-0.39, 0.29) is 6.04 Å². The van der Waals surface area contributed by atoms with E-state index >= 15 is 0 Å². The zero-order valence-electron chi connectivity index (χ0n) is 11.0. The van der Waals surface area contributed by atoms with E-state index in [0.717, 1.165) is 16.1 Å². The van der Waals surface area contributed by atoms with Gasteiger partial charge in [-0.1, -0.05) is 41.9 Å².